The first-order valence-electron chi connectivity index (χ1n) is 10.3. The van der Waals surface area contributed by atoms with Crippen molar-refractivity contribution in [3.63, 3.8) is 0 Å². The maximum absolute atomic E-state index is 13.2. The van der Waals surface area contributed by atoms with E-state index in [-0.39, 0.29) is 24.0 Å². The zero-order valence-corrected chi connectivity index (χ0v) is 16.8. The van der Waals surface area contributed by atoms with Gasteiger partial charge >= 0.3 is 0 Å². The molecule has 7 nitrogen and oxygen atoms in total. The molecule has 1 aromatic rings. The van der Waals surface area contributed by atoms with Gasteiger partial charge in [0.2, 0.25) is 11.8 Å². The Bertz CT molecular complexity index is 718. The normalized spacial score (nSPS) is 26.9. The molecule has 0 unspecified atom stereocenters. The van der Waals surface area contributed by atoms with Crippen LogP contribution in [0.4, 0.5) is 0 Å². The lowest BCUT2D eigenvalue weighted by Gasteiger charge is -2.47. The highest BCUT2D eigenvalue weighted by Crippen LogP contribution is 2.49. The number of carbonyl (C=O) groups excluding carboxylic acids is 2. The molecule has 0 aromatic carbocycles. The second-order valence-corrected chi connectivity index (χ2v) is 8.27. The number of hydrogen-bond acceptors (Lipinski definition) is 5. The molecule has 2 amide bonds. The molecule has 1 aromatic heterocycles. The molecule has 0 bridgehead atoms. The Labute approximate surface area is 166 Å². The molecular formula is C21H30N4O3. The van der Waals surface area contributed by atoms with Crippen molar-refractivity contribution >= 4 is 11.8 Å². The second kappa shape index (κ2) is 7.79. The standard InChI is InChI=1S/C21H30N4O3/c1-3-25-20(27)17-13-23(12-16-5-4-8-22-11-16)14-18(17)21(25)6-9-24(10-7-21)19(26)15-28-2/h4-5,8,11,17-18H,3,6-7,9-10,12-15H2,1-2H3/t17-,18+/m0/s1. The number of rotatable bonds is 5. The molecule has 2 atom stereocenters. The number of carbonyl (C=O) groups is 2. The summed E-state index contributed by atoms with van der Waals surface area (Å²) in [5.74, 6) is 0.776. The van der Waals surface area contributed by atoms with Gasteiger partial charge < -0.3 is 14.5 Å². The van der Waals surface area contributed by atoms with E-state index >= 15 is 0 Å². The number of piperidine rings is 1. The van der Waals surface area contributed by atoms with Crippen LogP contribution in [0.2, 0.25) is 0 Å². The first-order chi connectivity index (χ1) is 13.6. The number of likely N-dealkylation sites (tertiary alicyclic amines) is 3. The van der Waals surface area contributed by atoms with E-state index in [0.29, 0.717) is 24.9 Å². The summed E-state index contributed by atoms with van der Waals surface area (Å²) in [5.41, 5.74) is 1.08. The van der Waals surface area contributed by atoms with Crippen LogP contribution in [0.3, 0.4) is 0 Å². The summed E-state index contributed by atoms with van der Waals surface area (Å²) in [6, 6.07) is 4.06. The van der Waals surface area contributed by atoms with Gasteiger partial charge in [-0.15, -0.1) is 0 Å². The van der Waals surface area contributed by atoms with Gasteiger partial charge in [-0.05, 0) is 31.4 Å². The van der Waals surface area contributed by atoms with Gasteiger partial charge in [-0.25, -0.2) is 0 Å². The third-order valence-corrected chi connectivity index (χ3v) is 6.90. The number of fused-ring (bicyclic) bond motifs is 2. The molecule has 7 heteroatoms. The minimum atomic E-state index is -0.107. The molecule has 4 rings (SSSR count). The number of nitrogens with zero attached hydrogens (tertiary/aromatic N) is 4. The maximum atomic E-state index is 13.2. The third-order valence-electron chi connectivity index (χ3n) is 6.90. The largest absolute Gasteiger partial charge is 0.375 e. The third kappa shape index (κ3) is 3.20. The van der Waals surface area contributed by atoms with E-state index in [1.807, 2.05) is 17.2 Å². The van der Waals surface area contributed by atoms with E-state index in [1.54, 1.807) is 13.3 Å². The van der Waals surface area contributed by atoms with Gasteiger partial charge in [0, 0.05) is 64.7 Å². The Morgan fingerprint density at radius 3 is 2.75 bits per heavy atom. The fourth-order valence-corrected chi connectivity index (χ4v) is 5.65. The van der Waals surface area contributed by atoms with Crippen LogP contribution in [0, 0.1) is 11.8 Å². The molecule has 0 saturated carbocycles. The first-order valence-corrected chi connectivity index (χ1v) is 10.3. The molecule has 0 radical (unpaired) electrons. The monoisotopic (exact) mass is 386 g/mol. The fourth-order valence-electron chi connectivity index (χ4n) is 5.65. The average molecular weight is 386 g/mol. The topological polar surface area (TPSA) is 66.0 Å². The van der Waals surface area contributed by atoms with Crippen LogP contribution in [0.5, 0.6) is 0 Å². The number of hydrogen-bond donors (Lipinski definition) is 0. The van der Waals surface area contributed by atoms with Gasteiger partial charge in [-0.3, -0.25) is 19.5 Å². The lowest BCUT2D eigenvalue weighted by molar-refractivity contribution is -0.140. The summed E-state index contributed by atoms with van der Waals surface area (Å²) in [5, 5.41) is 0. The second-order valence-electron chi connectivity index (χ2n) is 8.27. The Balaban J connectivity index is 1.49. The highest BCUT2D eigenvalue weighted by atomic mass is 16.5. The zero-order valence-electron chi connectivity index (χ0n) is 16.8. The van der Waals surface area contributed by atoms with Crippen LogP contribution in [-0.2, 0) is 20.9 Å². The summed E-state index contributed by atoms with van der Waals surface area (Å²) < 4.78 is 5.01. The number of amides is 2. The summed E-state index contributed by atoms with van der Waals surface area (Å²) >= 11 is 0. The first kappa shape index (κ1) is 19.3. The molecule has 28 heavy (non-hydrogen) atoms. The summed E-state index contributed by atoms with van der Waals surface area (Å²) in [6.07, 6.45) is 5.43. The fraction of sp³-hybridized carbons (Fsp3) is 0.667. The van der Waals surface area contributed by atoms with Crippen molar-refractivity contribution in [1.29, 1.82) is 0 Å². The molecule has 3 saturated heterocycles. The quantitative estimate of drug-likeness (QED) is 0.755. The molecule has 0 N–H and O–H groups in total. The maximum Gasteiger partial charge on any atom is 0.248 e. The van der Waals surface area contributed by atoms with Crippen LogP contribution in [0.1, 0.15) is 25.3 Å². The van der Waals surface area contributed by atoms with E-state index in [0.717, 1.165) is 39.0 Å². The van der Waals surface area contributed by atoms with Crippen molar-refractivity contribution in [3.8, 4) is 0 Å². The smallest absolute Gasteiger partial charge is 0.248 e. The van der Waals surface area contributed by atoms with E-state index in [9.17, 15) is 9.59 Å². The average Bonchev–Trinajstić information content (AvgIpc) is 3.21. The van der Waals surface area contributed by atoms with Gasteiger partial charge in [0.05, 0.1) is 11.5 Å². The molecule has 152 valence electrons. The van der Waals surface area contributed by atoms with E-state index in [2.05, 4.69) is 27.8 Å². The lowest BCUT2D eigenvalue weighted by Crippen LogP contribution is -2.58. The van der Waals surface area contributed by atoms with E-state index in [4.69, 9.17) is 4.74 Å². The Morgan fingerprint density at radius 2 is 2.11 bits per heavy atom. The number of aromatic nitrogens is 1. The van der Waals surface area contributed by atoms with Crippen LogP contribution < -0.4 is 0 Å². The van der Waals surface area contributed by atoms with E-state index in [1.165, 1.54) is 5.56 Å². The van der Waals surface area contributed by atoms with Crippen molar-refractivity contribution < 1.29 is 14.3 Å². The van der Waals surface area contributed by atoms with Gasteiger partial charge in [0.25, 0.3) is 0 Å². The number of ether oxygens (including phenoxy) is 1. The van der Waals surface area contributed by atoms with Crippen molar-refractivity contribution in [1.82, 2.24) is 19.7 Å². The van der Waals surface area contributed by atoms with Crippen LogP contribution in [0.25, 0.3) is 0 Å². The molecule has 3 fully saturated rings. The van der Waals surface area contributed by atoms with Crippen LogP contribution in [-0.4, -0.2) is 83.5 Å². The van der Waals surface area contributed by atoms with Gasteiger partial charge in [0.1, 0.15) is 6.61 Å². The van der Waals surface area contributed by atoms with Gasteiger partial charge in [-0.2, -0.15) is 0 Å². The zero-order chi connectivity index (χ0) is 19.7. The number of pyridine rings is 1. The van der Waals surface area contributed by atoms with Crippen LogP contribution >= 0.6 is 0 Å². The van der Waals surface area contributed by atoms with Crippen molar-refractivity contribution in [2.75, 3.05) is 46.4 Å². The van der Waals surface area contributed by atoms with Crippen molar-refractivity contribution in [3.05, 3.63) is 30.1 Å². The lowest BCUT2D eigenvalue weighted by atomic mass is 9.75. The molecule has 0 aliphatic carbocycles. The Kier molecular flexibility index (Phi) is 5.38. The highest BCUT2D eigenvalue weighted by molar-refractivity contribution is 5.84. The molecule has 1 spiro atoms. The minimum Gasteiger partial charge on any atom is -0.375 e. The molecule has 3 aliphatic heterocycles. The van der Waals surface area contributed by atoms with Gasteiger partial charge in [-0.1, -0.05) is 6.07 Å². The summed E-state index contributed by atoms with van der Waals surface area (Å²) in [4.78, 5) is 36.0. The highest BCUT2D eigenvalue weighted by Gasteiger charge is 2.61. The molecule has 4 heterocycles. The molecular weight excluding hydrogens is 356 g/mol. The van der Waals surface area contributed by atoms with Crippen molar-refractivity contribution in [2.45, 2.75) is 31.8 Å². The van der Waals surface area contributed by atoms with E-state index < -0.39 is 0 Å². The summed E-state index contributed by atoms with van der Waals surface area (Å²) in [6.45, 7) is 6.98. The minimum absolute atomic E-state index is 0.0471. The van der Waals surface area contributed by atoms with Crippen molar-refractivity contribution in [2.24, 2.45) is 11.8 Å². The predicted molar refractivity (Wildman–Crippen MR) is 104 cm³/mol. The number of methoxy groups -OCH3 is 1. The predicted octanol–water partition coefficient (Wildman–Crippen LogP) is 0.999. The Hall–Kier alpha value is -1.99. The van der Waals surface area contributed by atoms with Crippen LogP contribution in [0.15, 0.2) is 24.5 Å². The molecule has 3 aliphatic rings. The SMILES string of the molecule is CCN1C(=O)[C@H]2CN(Cc3cccnc3)C[C@H]2C12CCN(C(=O)COC)CC2. The van der Waals surface area contributed by atoms with Gasteiger partial charge in [0.15, 0.2) is 0 Å². The summed E-state index contributed by atoms with van der Waals surface area (Å²) in [7, 11) is 1.55. The Morgan fingerprint density at radius 1 is 1.32 bits per heavy atom.